The predicted molar refractivity (Wildman–Crippen MR) is 75.4 cm³/mol. The predicted octanol–water partition coefficient (Wildman–Crippen LogP) is 2.88. The third kappa shape index (κ3) is 2.45. The third-order valence-electron chi connectivity index (χ3n) is 4.10. The number of hydrogen-bond acceptors (Lipinski definition) is 4. The lowest BCUT2D eigenvalue weighted by Crippen LogP contribution is -2.36. The van der Waals surface area contributed by atoms with Gasteiger partial charge in [0, 0.05) is 31.8 Å². The van der Waals surface area contributed by atoms with Crippen LogP contribution in [0.15, 0.2) is 22.6 Å². The fourth-order valence-corrected chi connectivity index (χ4v) is 2.90. The maximum absolute atomic E-state index is 9.58. The molecule has 0 unspecified atom stereocenters. The molecule has 0 bridgehead atoms. The van der Waals surface area contributed by atoms with Crippen LogP contribution in [0.2, 0.25) is 0 Å². The van der Waals surface area contributed by atoms with Gasteiger partial charge in [0.25, 0.3) is 0 Å². The van der Waals surface area contributed by atoms with Crippen molar-refractivity contribution >= 4 is 16.8 Å². The molecule has 1 aliphatic rings. The third-order valence-corrected chi connectivity index (χ3v) is 4.10. The molecule has 1 saturated carbocycles. The van der Waals surface area contributed by atoms with Crippen LogP contribution in [0.1, 0.15) is 31.6 Å². The van der Waals surface area contributed by atoms with E-state index in [0.717, 1.165) is 42.5 Å². The summed E-state index contributed by atoms with van der Waals surface area (Å²) >= 11 is 0. The highest BCUT2D eigenvalue weighted by Gasteiger charge is 2.23. The van der Waals surface area contributed by atoms with Crippen LogP contribution in [-0.4, -0.2) is 29.3 Å². The molecule has 19 heavy (non-hydrogen) atoms. The summed E-state index contributed by atoms with van der Waals surface area (Å²) in [6.07, 6.45) is 3.79. The van der Waals surface area contributed by atoms with Gasteiger partial charge in [-0.25, -0.2) is 4.98 Å². The minimum atomic E-state index is -0.107. The van der Waals surface area contributed by atoms with Crippen LogP contribution in [0.3, 0.4) is 0 Å². The number of aromatic nitrogens is 1. The van der Waals surface area contributed by atoms with Crippen LogP contribution in [0.4, 0.5) is 5.69 Å². The molecule has 2 aromatic rings. The van der Waals surface area contributed by atoms with Gasteiger partial charge >= 0.3 is 0 Å². The Morgan fingerprint density at radius 1 is 1.26 bits per heavy atom. The van der Waals surface area contributed by atoms with E-state index in [1.807, 2.05) is 13.0 Å². The highest BCUT2D eigenvalue weighted by atomic mass is 16.3. The second-order valence-corrected chi connectivity index (χ2v) is 5.46. The summed E-state index contributed by atoms with van der Waals surface area (Å²) in [6.45, 7) is 1.87. The second-order valence-electron chi connectivity index (χ2n) is 5.46. The highest BCUT2D eigenvalue weighted by molar-refractivity contribution is 5.77. The molecular weight excluding hydrogens is 240 g/mol. The van der Waals surface area contributed by atoms with E-state index in [-0.39, 0.29) is 6.10 Å². The van der Waals surface area contributed by atoms with Crippen LogP contribution in [0.5, 0.6) is 0 Å². The van der Waals surface area contributed by atoms with Gasteiger partial charge < -0.3 is 14.4 Å². The SMILES string of the molecule is Cc1nc2ccc(N(C)C3CCC(O)CC3)cc2o1. The lowest BCUT2D eigenvalue weighted by molar-refractivity contribution is 0.122. The summed E-state index contributed by atoms with van der Waals surface area (Å²) in [6, 6.07) is 6.66. The first kappa shape index (κ1) is 12.5. The Labute approximate surface area is 113 Å². The van der Waals surface area contributed by atoms with Crippen molar-refractivity contribution in [2.45, 2.75) is 44.8 Å². The molecule has 0 spiro atoms. The van der Waals surface area contributed by atoms with Crippen molar-refractivity contribution in [2.24, 2.45) is 0 Å². The monoisotopic (exact) mass is 260 g/mol. The Balaban J connectivity index is 1.82. The molecule has 102 valence electrons. The lowest BCUT2D eigenvalue weighted by atomic mass is 9.92. The largest absolute Gasteiger partial charge is 0.441 e. The average molecular weight is 260 g/mol. The Hall–Kier alpha value is -1.55. The summed E-state index contributed by atoms with van der Waals surface area (Å²) in [7, 11) is 2.12. The summed E-state index contributed by atoms with van der Waals surface area (Å²) in [4.78, 5) is 6.61. The van der Waals surface area contributed by atoms with Crippen LogP contribution >= 0.6 is 0 Å². The van der Waals surface area contributed by atoms with Gasteiger partial charge in [0.1, 0.15) is 5.52 Å². The normalized spacial score (nSPS) is 23.7. The van der Waals surface area contributed by atoms with Crippen molar-refractivity contribution in [1.82, 2.24) is 4.98 Å². The van der Waals surface area contributed by atoms with E-state index in [1.165, 1.54) is 0 Å². The number of rotatable bonds is 2. The molecule has 1 aromatic carbocycles. The molecule has 3 rings (SSSR count). The first-order valence-corrected chi connectivity index (χ1v) is 6.91. The zero-order valence-electron chi connectivity index (χ0n) is 11.5. The molecule has 1 heterocycles. The number of oxazole rings is 1. The molecule has 0 aliphatic heterocycles. The van der Waals surface area contributed by atoms with Crippen molar-refractivity contribution < 1.29 is 9.52 Å². The van der Waals surface area contributed by atoms with Crippen molar-refractivity contribution in [3.63, 3.8) is 0 Å². The van der Waals surface area contributed by atoms with Crippen LogP contribution < -0.4 is 4.90 Å². The molecule has 4 nitrogen and oxygen atoms in total. The minimum absolute atomic E-state index is 0.107. The Morgan fingerprint density at radius 3 is 2.74 bits per heavy atom. The van der Waals surface area contributed by atoms with Crippen LogP contribution in [0.25, 0.3) is 11.1 Å². The van der Waals surface area contributed by atoms with Gasteiger partial charge in [-0.2, -0.15) is 0 Å². The van der Waals surface area contributed by atoms with Crippen LogP contribution in [0, 0.1) is 6.92 Å². The molecule has 1 aromatic heterocycles. The van der Waals surface area contributed by atoms with Gasteiger partial charge in [-0.1, -0.05) is 0 Å². The fraction of sp³-hybridized carbons (Fsp3) is 0.533. The summed E-state index contributed by atoms with van der Waals surface area (Å²) in [5.74, 6) is 0.704. The molecular formula is C15H20N2O2. The quantitative estimate of drug-likeness (QED) is 0.902. The van der Waals surface area contributed by atoms with Gasteiger partial charge in [-0.3, -0.25) is 0 Å². The van der Waals surface area contributed by atoms with Crippen molar-refractivity contribution in [2.75, 3.05) is 11.9 Å². The molecule has 1 aliphatic carbocycles. The molecule has 0 atom stereocenters. The zero-order chi connectivity index (χ0) is 13.4. The molecule has 1 fully saturated rings. The summed E-state index contributed by atoms with van der Waals surface area (Å²) in [5, 5.41) is 9.58. The first-order valence-electron chi connectivity index (χ1n) is 6.91. The van der Waals surface area contributed by atoms with E-state index < -0.39 is 0 Å². The molecule has 0 saturated heterocycles. The molecule has 0 amide bonds. The van der Waals surface area contributed by atoms with Gasteiger partial charge in [-0.15, -0.1) is 0 Å². The van der Waals surface area contributed by atoms with Gasteiger partial charge in [0.2, 0.25) is 0 Å². The topological polar surface area (TPSA) is 49.5 Å². The second kappa shape index (κ2) is 4.85. The fourth-order valence-electron chi connectivity index (χ4n) is 2.90. The van der Waals surface area contributed by atoms with E-state index >= 15 is 0 Å². The number of fused-ring (bicyclic) bond motifs is 1. The summed E-state index contributed by atoms with van der Waals surface area (Å²) < 4.78 is 5.59. The minimum Gasteiger partial charge on any atom is -0.441 e. The number of aryl methyl sites for hydroxylation is 1. The van der Waals surface area contributed by atoms with E-state index in [0.29, 0.717) is 11.9 Å². The molecule has 0 radical (unpaired) electrons. The summed E-state index contributed by atoms with van der Waals surface area (Å²) in [5.41, 5.74) is 2.91. The van der Waals surface area contributed by atoms with E-state index in [4.69, 9.17) is 4.42 Å². The number of hydrogen-bond donors (Lipinski definition) is 1. The Bertz CT molecular complexity index is 571. The molecule has 4 heteroatoms. The number of aliphatic hydroxyl groups is 1. The van der Waals surface area contributed by atoms with E-state index in [1.54, 1.807) is 0 Å². The van der Waals surface area contributed by atoms with Crippen molar-refractivity contribution in [3.05, 3.63) is 24.1 Å². The van der Waals surface area contributed by atoms with Gasteiger partial charge in [-0.05, 0) is 37.8 Å². The van der Waals surface area contributed by atoms with E-state index in [2.05, 4.69) is 29.1 Å². The first-order chi connectivity index (χ1) is 9.13. The number of anilines is 1. The average Bonchev–Trinajstić information content (AvgIpc) is 2.77. The standard InChI is InChI=1S/C15H20N2O2/c1-10-16-14-8-5-12(9-15(14)19-10)17(2)11-3-6-13(18)7-4-11/h5,8-9,11,13,18H,3-4,6-7H2,1-2H3. The smallest absolute Gasteiger partial charge is 0.192 e. The van der Waals surface area contributed by atoms with Gasteiger partial charge in [0.05, 0.1) is 6.10 Å². The highest BCUT2D eigenvalue weighted by Crippen LogP contribution is 2.28. The maximum Gasteiger partial charge on any atom is 0.192 e. The van der Waals surface area contributed by atoms with E-state index in [9.17, 15) is 5.11 Å². The van der Waals surface area contributed by atoms with Crippen LogP contribution in [-0.2, 0) is 0 Å². The van der Waals surface area contributed by atoms with Gasteiger partial charge in [0.15, 0.2) is 11.5 Å². The maximum atomic E-state index is 9.58. The van der Waals surface area contributed by atoms with Crippen molar-refractivity contribution in [3.8, 4) is 0 Å². The number of aliphatic hydroxyl groups excluding tert-OH is 1. The van der Waals surface area contributed by atoms with Crippen molar-refractivity contribution in [1.29, 1.82) is 0 Å². The Morgan fingerprint density at radius 2 is 2.00 bits per heavy atom. The Kier molecular flexibility index (Phi) is 3.19. The molecule has 1 N–H and O–H groups in total. The zero-order valence-corrected chi connectivity index (χ0v) is 11.5. The number of benzene rings is 1. The lowest BCUT2D eigenvalue weighted by Gasteiger charge is -2.34. The number of nitrogens with zero attached hydrogens (tertiary/aromatic N) is 2.